The van der Waals surface area contributed by atoms with Gasteiger partial charge < -0.3 is 21.3 Å². The van der Waals surface area contributed by atoms with E-state index in [2.05, 4.69) is 38.5 Å². The van der Waals surface area contributed by atoms with E-state index in [1.807, 2.05) is 24.3 Å². The van der Waals surface area contributed by atoms with E-state index in [4.69, 9.17) is 5.73 Å². The predicted octanol–water partition coefficient (Wildman–Crippen LogP) is 1.86. The molecule has 1 atom stereocenters. The molecule has 0 radical (unpaired) electrons. The molecule has 1 aromatic carbocycles. The number of nitrogens with zero attached hydrogens (tertiary/aromatic N) is 5. The number of hydrogen-bond donors (Lipinski definition) is 3. The standard InChI is InChI=1S/C22H24N8O2/c1-2-17(31)30-11-3-4-16(12-30)26-21-27-20(18(19(24)32)28-29-21)25-15-7-5-14(6-8-15)22(13-23)9-10-22/h2,5-8,16H,1,3-4,9-12H2,(H2,24,32)(H2,25,26,27,29). The normalized spacial score (nSPS) is 18.8. The lowest BCUT2D eigenvalue weighted by atomic mass is 9.98. The van der Waals surface area contributed by atoms with Gasteiger partial charge in [0.1, 0.15) is 0 Å². The molecule has 1 saturated heterocycles. The third-order valence-corrected chi connectivity index (χ3v) is 5.83. The summed E-state index contributed by atoms with van der Waals surface area (Å²) in [5.41, 5.74) is 6.64. The maximum absolute atomic E-state index is 11.9. The average Bonchev–Trinajstić information content (AvgIpc) is 3.60. The smallest absolute Gasteiger partial charge is 0.273 e. The van der Waals surface area contributed by atoms with Crippen molar-refractivity contribution in [1.82, 2.24) is 20.1 Å². The van der Waals surface area contributed by atoms with Crippen LogP contribution in [0.1, 0.15) is 41.7 Å². The van der Waals surface area contributed by atoms with Crippen molar-refractivity contribution in [2.24, 2.45) is 5.73 Å². The quantitative estimate of drug-likeness (QED) is 0.561. The number of aromatic nitrogens is 3. The summed E-state index contributed by atoms with van der Waals surface area (Å²) in [6, 6.07) is 9.75. The molecule has 2 heterocycles. The molecule has 32 heavy (non-hydrogen) atoms. The Morgan fingerprint density at radius 2 is 2.03 bits per heavy atom. The molecule has 1 aliphatic heterocycles. The van der Waals surface area contributed by atoms with Crippen LogP contribution < -0.4 is 16.4 Å². The predicted molar refractivity (Wildman–Crippen MR) is 118 cm³/mol. The fourth-order valence-corrected chi connectivity index (χ4v) is 3.85. The van der Waals surface area contributed by atoms with E-state index in [0.717, 1.165) is 31.2 Å². The van der Waals surface area contributed by atoms with E-state index in [9.17, 15) is 14.9 Å². The summed E-state index contributed by atoms with van der Waals surface area (Å²) in [5.74, 6) is -0.459. The molecule has 2 amide bonds. The topological polar surface area (TPSA) is 150 Å². The maximum atomic E-state index is 11.9. The Kier molecular flexibility index (Phi) is 5.73. The molecular weight excluding hydrogens is 408 g/mol. The Morgan fingerprint density at radius 3 is 2.66 bits per heavy atom. The molecule has 164 valence electrons. The molecule has 1 unspecified atom stereocenters. The van der Waals surface area contributed by atoms with E-state index >= 15 is 0 Å². The van der Waals surface area contributed by atoms with Crippen molar-refractivity contribution in [3.8, 4) is 6.07 Å². The molecule has 2 fully saturated rings. The summed E-state index contributed by atoms with van der Waals surface area (Å²) in [5, 5.41) is 23.5. The fraction of sp³-hybridized carbons (Fsp3) is 0.364. The van der Waals surface area contributed by atoms with Gasteiger partial charge in [-0.15, -0.1) is 10.2 Å². The van der Waals surface area contributed by atoms with Crippen molar-refractivity contribution in [1.29, 1.82) is 5.26 Å². The number of carbonyl (C=O) groups excluding carboxylic acids is 2. The van der Waals surface area contributed by atoms with Crippen LogP contribution in [0.2, 0.25) is 0 Å². The molecule has 4 rings (SSSR count). The van der Waals surface area contributed by atoms with Crippen LogP contribution in [0.25, 0.3) is 0 Å². The van der Waals surface area contributed by atoms with Crippen LogP contribution in [0, 0.1) is 11.3 Å². The van der Waals surface area contributed by atoms with E-state index < -0.39 is 5.91 Å². The van der Waals surface area contributed by atoms with Gasteiger partial charge in [0, 0.05) is 24.8 Å². The van der Waals surface area contributed by atoms with Crippen molar-refractivity contribution in [2.45, 2.75) is 37.1 Å². The summed E-state index contributed by atoms with van der Waals surface area (Å²) in [7, 11) is 0. The van der Waals surface area contributed by atoms with Crippen LogP contribution in [0.4, 0.5) is 17.5 Å². The lowest BCUT2D eigenvalue weighted by molar-refractivity contribution is -0.127. The van der Waals surface area contributed by atoms with E-state index in [1.54, 1.807) is 4.90 Å². The van der Waals surface area contributed by atoms with Crippen molar-refractivity contribution in [3.63, 3.8) is 0 Å². The molecule has 10 heteroatoms. The molecule has 0 spiro atoms. The summed E-state index contributed by atoms with van der Waals surface area (Å²) < 4.78 is 0. The highest BCUT2D eigenvalue weighted by Gasteiger charge is 2.44. The highest BCUT2D eigenvalue weighted by atomic mass is 16.2. The van der Waals surface area contributed by atoms with E-state index in [1.165, 1.54) is 6.08 Å². The monoisotopic (exact) mass is 432 g/mol. The number of primary amides is 1. The number of anilines is 3. The number of hydrogen-bond acceptors (Lipinski definition) is 8. The minimum absolute atomic E-state index is 0.0540. The molecule has 1 aliphatic carbocycles. The number of rotatable bonds is 7. The number of nitrogens with one attached hydrogen (secondary N) is 2. The first-order chi connectivity index (χ1) is 15.4. The Balaban J connectivity index is 1.51. The fourth-order valence-electron chi connectivity index (χ4n) is 3.85. The Morgan fingerprint density at radius 1 is 1.28 bits per heavy atom. The zero-order valence-corrected chi connectivity index (χ0v) is 17.5. The molecule has 1 saturated carbocycles. The van der Waals surface area contributed by atoms with Crippen LogP contribution in [-0.2, 0) is 10.2 Å². The second-order valence-corrected chi connectivity index (χ2v) is 8.07. The van der Waals surface area contributed by atoms with Crippen molar-refractivity contribution in [3.05, 3.63) is 48.2 Å². The molecule has 4 N–H and O–H groups in total. The SMILES string of the molecule is C=CC(=O)N1CCCC(Nc2nnc(C(N)=O)c(Nc3ccc(C4(C#N)CC4)cc3)n2)C1. The lowest BCUT2D eigenvalue weighted by Gasteiger charge is -2.32. The highest BCUT2D eigenvalue weighted by Crippen LogP contribution is 2.47. The zero-order chi connectivity index (χ0) is 22.7. The number of likely N-dealkylation sites (tertiary alicyclic amines) is 1. The van der Waals surface area contributed by atoms with Gasteiger partial charge in [-0.25, -0.2) is 0 Å². The first-order valence-corrected chi connectivity index (χ1v) is 10.5. The maximum Gasteiger partial charge on any atom is 0.273 e. The Bertz CT molecular complexity index is 1090. The molecule has 10 nitrogen and oxygen atoms in total. The van der Waals surface area contributed by atoms with Crippen LogP contribution in [0.3, 0.4) is 0 Å². The van der Waals surface area contributed by atoms with Gasteiger partial charge >= 0.3 is 0 Å². The van der Waals surface area contributed by atoms with Gasteiger partial charge in [-0.1, -0.05) is 18.7 Å². The van der Waals surface area contributed by atoms with Gasteiger partial charge in [-0.05, 0) is 49.5 Å². The highest BCUT2D eigenvalue weighted by molar-refractivity contribution is 5.96. The first kappa shape index (κ1) is 21.2. The second-order valence-electron chi connectivity index (χ2n) is 8.07. The van der Waals surface area contributed by atoms with E-state index in [0.29, 0.717) is 18.8 Å². The minimum Gasteiger partial charge on any atom is -0.364 e. The molecule has 2 aromatic rings. The summed E-state index contributed by atoms with van der Waals surface area (Å²) in [6.45, 7) is 4.71. The summed E-state index contributed by atoms with van der Waals surface area (Å²) >= 11 is 0. The number of benzene rings is 1. The number of nitrogens with two attached hydrogens (primary N) is 1. The van der Waals surface area contributed by atoms with Crippen molar-refractivity contribution < 1.29 is 9.59 Å². The van der Waals surface area contributed by atoms with Gasteiger partial charge in [0.25, 0.3) is 5.91 Å². The molecular formula is C22H24N8O2. The Labute approximate surface area is 185 Å². The number of nitriles is 1. The van der Waals surface area contributed by atoms with E-state index in [-0.39, 0.29) is 34.8 Å². The number of piperidine rings is 1. The third-order valence-electron chi connectivity index (χ3n) is 5.83. The molecule has 0 bridgehead atoms. The molecule has 2 aliphatic rings. The summed E-state index contributed by atoms with van der Waals surface area (Å²) in [4.78, 5) is 29.9. The average molecular weight is 432 g/mol. The summed E-state index contributed by atoms with van der Waals surface area (Å²) in [6.07, 6.45) is 4.71. The number of amides is 2. The van der Waals surface area contributed by atoms with Crippen LogP contribution in [0.15, 0.2) is 36.9 Å². The van der Waals surface area contributed by atoms with Crippen LogP contribution in [-0.4, -0.2) is 51.0 Å². The van der Waals surface area contributed by atoms with Gasteiger partial charge in [-0.2, -0.15) is 10.2 Å². The minimum atomic E-state index is -0.752. The van der Waals surface area contributed by atoms with Crippen molar-refractivity contribution in [2.75, 3.05) is 23.7 Å². The van der Waals surface area contributed by atoms with Gasteiger partial charge in [0.05, 0.1) is 11.5 Å². The molecule has 1 aromatic heterocycles. The Hall–Kier alpha value is -4.00. The third kappa shape index (κ3) is 4.37. The van der Waals surface area contributed by atoms with Gasteiger partial charge in [-0.3, -0.25) is 9.59 Å². The second kappa shape index (κ2) is 8.63. The van der Waals surface area contributed by atoms with Crippen LogP contribution >= 0.6 is 0 Å². The van der Waals surface area contributed by atoms with Gasteiger partial charge in [0.15, 0.2) is 11.5 Å². The first-order valence-electron chi connectivity index (χ1n) is 10.5. The van der Waals surface area contributed by atoms with Crippen molar-refractivity contribution >= 4 is 29.3 Å². The van der Waals surface area contributed by atoms with Crippen LogP contribution in [0.5, 0.6) is 0 Å². The lowest BCUT2D eigenvalue weighted by Crippen LogP contribution is -2.44. The largest absolute Gasteiger partial charge is 0.364 e. The number of carbonyl (C=O) groups is 2. The zero-order valence-electron chi connectivity index (χ0n) is 17.5. The van der Waals surface area contributed by atoms with Gasteiger partial charge in [0.2, 0.25) is 11.9 Å².